The van der Waals surface area contributed by atoms with E-state index in [1.165, 1.54) is 4.90 Å². The van der Waals surface area contributed by atoms with E-state index in [-0.39, 0.29) is 35.9 Å². The van der Waals surface area contributed by atoms with Crippen LogP contribution in [0.3, 0.4) is 0 Å². The van der Waals surface area contributed by atoms with Crippen molar-refractivity contribution in [1.82, 2.24) is 9.80 Å². The highest BCUT2D eigenvalue weighted by Gasteiger charge is 2.38. The third-order valence-electron chi connectivity index (χ3n) is 3.75. The van der Waals surface area contributed by atoms with Gasteiger partial charge in [-0.15, -0.1) is 0 Å². The molecule has 2 aliphatic rings. The van der Waals surface area contributed by atoms with Crippen LogP contribution in [-0.4, -0.2) is 73.0 Å². The normalized spacial score (nSPS) is 25.9. The number of amides is 2. The van der Waals surface area contributed by atoms with Crippen LogP contribution in [0.5, 0.6) is 0 Å². The largest absolute Gasteiger partial charge is 0.481 e. The van der Waals surface area contributed by atoms with Gasteiger partial charge < -0.3 is 14.9 Å². The summed E-state index contributed by atoms with van der Waals surface area (Å²) in [4.78, 5) is 25.6. The number of carbonyl (C=O) groups is 2. The lowest BCUT2D eigenvalue weighted by molar-refractivity contribution is -0.139. The third kappa shape index (κ3) is 3.17. The molecule has 2 heterocycles. The molecule has 1 atom stereocenters. The summed E-state index contributed by atoms with van der Waals surface area (Å²) in [7, 11) is -1.40. The van der Waals surface area contributed by atoms with Crippen molar-refractivity contribution in [3.8, 4) is 0 Å². The van der Waals surface area contributed by atoms with Gasteiger partial charge in [0.05, 0.1) is 17.9 Å². The average Bonchev–Trinajstić information content (AvgIpc) is 2.61. The highest BCUT2D eigenvalue weighted by molar-refractivity contribution is 7.91. The van der Waals surface area contributed by atoms with E-state index < -0.39 is 15.8 Å². The van der Waals surface area contributed by atoms with Gasteiger partial charge in [-0.05, 0) is 6.42 Å². The molecule has 2 amide bonds. The molecule has 0 bridgehead atoms. The minimum Gasteiger partial charge on any atom is -0.481 e. The lowest BCUT2D eigenvalue weighted by atomic mass is 9.97. The van der Waals surface area contributed by atoms with E-state index in [1.54, 1.807) is 11.9 Å². The van der Waals surface area contributed by atoms with Crippen molar-refractivity contribution in [2.45, 2.75) is 18.9 Å². The van der Waals surface area contributed by atoms with Crippen molar-refractivity contribution in [3.63, 3.8) is 0 Å². The Morgan fingerprint density at radius 3 is 2.47 bits per heavy atom. The maximum atomic E-state index is 12.1. The summed E-state index contributed by atoms with van der Waals surface area (Å²) < 4.78 is 22.8. The van der Waals surface area contributed by atoms with Crippen LogP contribution in [0, 0.1) is 5.92 Å². The number of carboxylic acid groups (broad SMARTS) is 1. The maximum Gasteiger partial charge on any atom is 0.320 e. The fourth-order valence-corrected chi connectivity index (χ4v) is 4.34. The Kier molecular flexibility index (Phi) is 3.71. The van der Waals surface area contributed by atoms with Crippen molar-refractivity contribution in [2.75, 3.05) is 31.6 Å². The summed E-state index contributed by atoms with van der Waals surface area (Å²) >= 11 is 0. The van der Waals surface area contributed by atoms with Gasteiger partial charge in [0, 0.05) is 32.1 Å². The molecule has 2 rings (SSSR count). The van der Waals surface area contributed by atoms with Gasteiger partial charge in [-0.1, -0.05) is 0 Å². The Labute approximate surface area is 112 Å². The van der Waals surface area contributed by atoms with Crippen LogP contribution in [-0.2, 0) is 14.6 Å². The lowest BCUT2D eigenvalue weighted by Gasteiger charge is -2.41. The van der Waals surface area contributed by atoms with Crippen molar-refractivity contribution < 1.29 is 23.1 Å². The molecule has 7 nitrogen and oxygen atoms in total. The van der Waals surface area contributed by atoms with Gasteiger partial charge in [-0.25, -0.2) is 13.2 Å². The predicted molar refractivity (Wildman–Crippen MR) is 67.5 cm³/mol. The van der Waals surface area contributed by atoms with Crippen LogP contribution in [0.15, 0.2) is 0 Å². The molecule has 108 valence electrons. The Morgan fingerprint density at radius 2 is 2.00 bits per heavy atom. The molecule has 0 radical (unpaired) electrons. The van der Waals surface area contributed by atoms with Crippen molar-refractivity contribution in [3.05, 3.63) is 0 Å². The molecule has 0 aromatic carbocycles. The molecule has 0 aromatic heterocycles. The fraction of sp³-hybridized carbons (Fsp3) is 0.818. The first-order chi connectivity index (χ1) is 8.78. The quantitative estimate of drug-likeness (QED) is 0.765. The Morgan fingerprint density at radius 1 is 1.37 bits per heavy atom. The number of hydrogen-bond donors (Lipinski definition) is 1. The van der Waals surface area contributed by atoms with Gasteiger partial charge in [0.25, 0.3) is 0 Å². The molecule has 0 saturated carbocycles. The Bertz CT molecular complexity index is 483. The SMILES string of the molecule is CN(C(=O)N1CC(CC(=O)O)C1)C1CCS(=O)(=O)C1. The molecule has 1 N–H and O–H groups in total. The number of sulfone groups is 1. The number of nitrogens with zero attached hydrogens (tertiary/aromatic N) is 2. The van der Waals surface area contributed by atoms with Gasteiger partial charge in [-0.2, -0.15) is 0 Å². The van der Waals surface area contributed by atoms with E-state index in [2.05, 4.69) is 0 Å². The van der Waals surface area contributed by atoms with E-state index in [1.807, 2.05) is 0 Å². The number of hydrogen-bond acceptors (Lipinski definition) is 4. The first-order valence-electron chi connectivity index (χ1n) is 6.22. The van der Waals surface area contributed by atoms with Crippen molar-refractivity contribution in [1.29, 1.82) is 0 Å². The van der Waals surface area contributed by atoms with E-state index >= 15 is 0 Å². The van der Waals surface area contributed by atoms with Gasteiger partial charge >= 0.3 is 12.0 Å². The Hall–Kier alpha value is -1.31. The predicted octanol–water partition coefficient (Wildman–Crippen LogP) is -0.368. The average molecular weight is 290 g/mol. The molecular formula is C11H18N2O5S. The standard InChI is InChI=1S/C11H18N2O5S/c1-12(9-2-3-19(17,18)7-9)11(16)13-5-8(6-13)4-10(14)15/h8-9H,2-7H2,1H3,(H,14,15). The molecule has 2 fully saturated rings. The minimum absolute atomic E-state index is 0.0159. The topological polar surface area (TPSA) is 95.0 Å². The first kappa shape index (κ1) is 14.1. The molecule has 0 spiro atoms. The van der Waals surface area contributed by atoms with Crippen LogP contribution >= 0.6 is 0 Å². The second-order valence-electron chi connectivity index (χ2n) is 5.32. The van der Waals surface area contributed by atoms with Gasteiger partial charge in [0.15, 0.2) is 9.84 Å². The second kappa shape index (κ2) is 4.99. The Balaban J connectivity index is 1.83. The summed E-state index contributed by atoms with van der Waals surface area (Å²) in [5, 5.41) is 8.63. The third-order valence-corrected chi connectivity index (χ3v) is 5.50. The van der Waals surface area contributed by atoms with Crippen LogP contribution < -0.4 is 0 Å². The number of carboxylic acids is 1. The molecule has 0 aliphatic carbocycles. The number of rotatable bonds is 3. The summed E-state index contributed by atoms with van der Waals surface area (Å²) in [6.07, 6.45) is 0.558. The summed E-state index contributed by atoms with van der Waals surface area (Å²) in [5.41, 5.74) is 0. The molecule has 2 aliphatic heterocycles. The molecule has 1 unspecified atom stereocenters. The van der Waals surface area contributed by atoms with Gasteiger partial charge in [0.1, 0.15) is 0 Å². The molecule has 2 saturated heterocycles. The van der Waals surface area contributed by atoms with Crippen LogP contribution in [0.25, 0.3) is 0 Å². The molecule has 0 aromatic rings. The van der Waals surface area contributed by atoms with Crippen LogP contribution in [0.2, 0.25) is 0 Å². The maximum absolute atomic E-state index is 12.1. The van der Waals surface area contributed by atoms with E-state index in [4.69, 9.17) is 5.11 Å². The van der Waals surface area contributed by atoms with Crippen molar-refractivity contribution >= 4 is 21.8 Å². The van der Waals surface area contributed by atoms with Gasteiger partial charge in [0.2, 0.25) is 0 Å². The molecular weight excluding hydrogens is 272 g/mol. The fourth-order valence-electron chi connectivity index (χ4n) is 2.56. The monoisotopic (exact) mass is 290 g/mol. The number of likely N-dealkylation sites (tertiary alicyclic amines) is 1. The van der Waals surface area contributed by atoms with E-state index in [0.717, 1.165) is 0 Å². The van der Waals surface area contributed by atoms with E-state index in [9.17, 15) is 18.0 Å². The summed E-state index contributed by atoms with van der Waals surface area (Å²) in [6, 6.07) is -0.459. The van der Waals surface area contributed by atoms with Crippen molar-refractivity contribution in [2.24, 2.45) is 5.92 Å². The number of urea groups is 1. The van der Waals surface area contributed by atoms with Crippen LogP contribution in [0.1, 0.15) is 12.8 Å². The molecule has 19 heavy (non-hydrogen) atoms. The highest BCUT2D eigenvalue weighted by Crippen LogP contribution is 2.23. The summed E-state index contributed by atoms with van der Waals surface area (Å²) in [5.74, 6) is -0.673. The smallest absolute Gasteiger partial charge is 0.320 e. The van der Waals surface area contributed by atoms with E-state index in [0.29, 0.717) is 19.5 Å². The lowest BCUT2D eigenvalue weighted by Crippen LogP contribution is -2.56. The number of aliphatic carboxylic acids is 1. The van der Waals surface area contributed by atoms with Gasteiger partial charge in [-0.3, -0.25) is 4.79 Å². The zero-order valence-corrected chi connectivity index (χ0v) is 11.6. The zero-order chi connectivity index (χ0) is 14.2. The summed E-state index contributed by atoms with van der Waals surface area (Å²) in [6.45, 7) is 0.879. The minimum atomic E-state index is -3.01. The first-order valence-corrected chi connectivity index (χ1v) is 8.04. The molecule has 8 heteroatoms. The van der Waals surface area contributed by atoms with Crippen LogP contribution in [0.4, 0.5) is 4.79 Å². The highest BCUT2D eigenvalue weighted by atomic mass is 32.2. The number of carbonyl (C=O) groups excluding carboxylic acids is 1. The second-order valence-corrected chi connectivity index (χ2v) is 7.55. The zero-order valence-electron chi connectivity index (χ0n) is 10.8.